The lowest BCUT2D eigenvalue weighted by atomic mass is 10.3. The fourth-order valence-electron chi connectivity index (χ4n) is 0.712. The van der Waals surface area contributed by atoms with Crippen molar-refractivity contribution >= 4 is 34.2 Å². The Morgan fingerprint density at radius 2 is 2.33 bits per heavy atom. The summed E-state index contributed by atoms with van der Waals surface area (Å²) in [5.41, 5.74) is 0. The summed E-state index contributed by atoms with van der Waals surface area (Å²) < 4.78 is 6.24. The molecule has 0 fully saturated rings. The Morgan fingerprint density at radius 3 is 2.92 bits per heavy atom. The van der Waals surface area contributed by atoms with E-state index in [-0.39, 0.29) is 6.61 Å². The lowest BCUT2D eigenvalue weighted by molar-refractivity contribution is 0.370. The smallest absolute Gasteiger partial charge is 0.148 e. The van der Waals surface area contributed by atoms with E-state index in [4.69, 9.17) is 22.8 Å². The molecule has 0 radical (unpaired) electrons. The third-order valence-electron chi connectivity index (χ3n) is 1.20. The van der Waals surface area contributed by atoms with Crippen LogP contribution in [0.3, 0.4) is 0 Å². The number of ether oxygens (including phenoxy) is 1. The summed E-state index contributed by atoms with van der Waals surface area (Å²) in [7, 11) is 0. The van der Waals surface area contributed by atoms with Gasteiger partial charge in [-0.25, -0.2) is 0 Å². The van der Waals surface area contributed by atoms with Gasteiger partial charge in [-0.2, -0.15) is 0 Å². The monoisotopic (exact) mass is 292 g/mol. The van der Waals surface area contributed by atoms with Crippen molar-refractivity contribution in [3.05, 3.63) is 26.8 Å². The Balaban J connectivity index is 2.81. The van der Waals surface area contributed by atoms with Gasteiger partial charge >= 0.3 is 0 Å². The Kier molecular flexibility index (Phi) is 3.70. The summed E-state index contributed by atoms with van der Waals surface area (Å²) in [5, 5.41) is 0.595. The van der Waals surface area contributed by atoms with Crippen molar-refractivity contribution < 1.29 is 4.74 Å². The maximum atomic E-state index is 5.87. The molecular weight excluding hydrogens is 286 g/mol. The van der Waals surface area contributed by atoms with E-state index in [2.05, 4.69) is 28.5 Å². The Bertz CT molecular complexity index is 317. The molecule has 12 heavy (non-hydrogen) atoms. The molecule has 0 aliphatic rings. The minimum Gasteiger partial charge on any atom is -0.479 e. The molecule has 0 saturated heterocycles. The van der Waals surface area contributed by atoms with Gasteiger partial charge in [0.1, 0.15) is 12.4 Å². The van der Waals surface area contributed by atoms with Crippen molar-refractivity contribution in [1.29, 1.82) is 0 Å². The van der Waals surface area contributed by atoms with Crippen LogP contribution in [0.5, 0.6) is 5.75 Å². The second-order valence-corrected chi connectivity index (χ2v) is 3.72. The second-order valence-electron chi connectivity index (χ2n) is 2.07. The molecular formula is C9H6ClIO. The predicted molar refractivity (Wildman–Crippen MR) is 58.5 cm³/mol. The standard InChI is InChI=1S/C9H6ClIO/c1-2-5-12-9-4-3-7(11)6-8(9)10/h1,3-4,6H,5H2. The highest BCUT2D eigenvalue weighted by Gasteiger charge is 1.99. The Morgan fingerprint density at radius 1 is 1.58 bits per heavy atom. The van der Waals surface area contributed by atoms with Crippen LogP contribution in [0.1, 0.15) is 0 Å². The van der Waals surface area contributed by atoms with Crippen LogP contribution in [-0.4, -0.2) is 6.61 Å². The molecule has 1 nitrogen and oxygen atoms in total. The van der Waals surface area contributed by atoms with Gasteiger partial charge in [0.05, 0.1) is 5.02 Å². The van der Waals surface area contributed by atoms with Crippen LogP contribution in [0.15, 0.2) is 18.2 Å². The van der Waals surface area contributed by atoms with Crippen molar-refractivity contribution in [3.63, 3.8) is 0 Å². The van der Waals surface area contributed by atoms with E-state index in [0.717, 1.165) is 3.57 Å². The zero-order chi connectivity index (χ0) is 8.97. The quantitative estimate of drug-likeness (QED) is 0.601. The Labute approximate surface area is 90.2 Å². The number of rotatable bonds is 2. The van der Waals surface area contributed by atoms with Crippen LogP contribution in [0.2, 0.25) is 5.02 Å². The van der Waals surface area contributed by atoms with E-state index in [1.54, 1.807) is 6.07 Å². The van der Waals surface area contributed by atoms with E-state index in [9.17, 15) is 0 Å². The summed E-state index contributed by atoms with van der Waals surface area (Å²) in [4.78, 5) is 0. The van der Waals surface area contributed by atoms with Crippen molar-refractivity contribution in [2.45, 2.75) is 0 Å². The van der Waals surface area contributed by atoms with Crippen LogP contribution in [0.4, 0.5) is 0 Å². The largest absolute Gasteiger partial charge is 0.479 e. The van der Waals surface area contributed by atoms with Gasteiger partial charge in [-0.1, -0.05) is 17.5 Å². The van der Waals surface area contributed by atoms with Crippen LogP contribution < -0.4 is 4.74 Å². The number of terminal acetylenes is 1. The van der Waals surface area contributed by atoms with E-state index in [1.165, 1.54) is 0 Å². The first-order valence-corrected chi connectivity index (χ1v) is 4.71. The molecule has 0 aliphatic heterocycles. The maximum absolute atomic E-state index is 5.87. The van der Waals surface area contributed by atoms with E-state index in [0.29, 0.717) is 10.8 Å². The summed E-state index contributed by atoms with van der Waals surface area (Å²) in [6.45, 7) is 0.250. The van der Waals surface area contributed by atoms with Gasteiger partial charge in [0.25, 0.3) is 0 Å². The van der Waals surface area contributed by atoms with Crippen molar-refractivity contribution in [1.82, 2.24) is 0 Å². The molecule has 62 valence electrons. The number of hydrogen-bond acceptors (Lipinski definition) is 1. The molecule has 0 aliphatic carbocycles. The molecule has 0 spiro atoms. The molecule has 1 rings (SSSR count). The van der Waals surface area contributed by atoms with Gasteiger partial charge in [-0.3, -0.25) is 0 Å². The second kappa shape index (κ2) is 4.58. The average Bonchev–Trinajstić information content (AvgIpc) is 2.03. The van der Waals surface area contributed by atoms with Crippen LogP contribution in [0, 0.1) is 15.9 Å². The predicted octanol–water partition coefficient (Wildman–Crippen LogP) is 2.96. The minimum absolute atomic E-state index is 0.250. The Hall–Kier alpha value is -0.400. The van der Waals surface area contributed by atoms with Gasteiger partial charge in [-0.15, -0.1) is 6.42 Å². The molecule has 3 heteroatoms. The van der Waals surface area contributed by atoms with E-state index >= 15 is 0 Å². The number of halogens is 2. The van der Waals surface area contributed by atoms with Crippen molar-refractivity contribution in [3.8, 4) is 18.1 Å². The van der Waals surface area contributed by atoms with Crippen molar-refractivity contribution in [2.75, 3.05) is 6.61 Å². The molecule has 0 amide bonds. The molecule has 0 bridgehead atoms. The molecule has 0 atom stereocenters. The molecule has 0 aromatic heterocycles. The highest BCUT2D eigenvalue weighted by atomic mass is 127. The number of benzene rings is 1. The summed E-state index contributed by atoms with van der Waals surface area (Å²) in [6, 6.07) is 5.55. The van der Waals surface area contributed by atoms with Gasteiger partial charge in [0.15, 0.2) is 0 Å². The molecule has 0 N–H and O–H groups in total. The molecule has 0 saturated carbocycles. The van der Waals surface area contributed by atoms with Crippen molar-refractivity contribution in [2.24, 2.45) is 0 Å². The third-order valence-corrected chi connectivity index (χ3v) is 2.17. The maximum Gasteiger partial charge on any atom is 0.148 e. The van der Waals surface area contributed by atoms with Crippen LogP contribution in [-0.2, 0) is 0 Å². The number of hydrogen-bond donors (Lipinski definition) is 0. The fourth-order valence-corrected chi connectivity index (χ4v) is 1.62. The third kappa shape index (κ3) is 2.58. The first-order chi connectivity index (χ1) is 5.74. The van der Waals surface area contributed by atoms with E-state index < -0.39 is 0 Å². The van der Waals surface area contributed by atoms with Crippen LogP contribution >= 0.6 is 34.2 Å². The van der Waals surface area contributed by atoms with Gasteiger partial charge < -0.3 is 4.74 Å². The highest BCUT2D eigenvalue weighted by Crippen LogP contribution is 2.25. The average molecular weight is 293 g/mol. The normalized spacial score (nSPS) is 9.08. The van der Waals surface area contributed by atoms with Crippen LogP contribution in [0.25, 0.3) is 0 Å². The van der Waals surface area contributed by atoms with Gasteiger partial charge in [0.2, 0.25) is 0 Å². The first kappa shape index (κ1) is 9.69. The summed E-state index contributed by atoms with van der Waals surface area (Å²) in [5.74, 6) is 3.01. The zero-order valence-corrected chi connectivity index (χ0v) is 9.09. The van der Waals surface area contributed by atoms with Gasteiger partial charge in [-0.05, 0) is 40.8 Å². The molecule has 1 aromatic carbocycles. The zero-order valence-electron chi connectivity index (χ0n) is 6.18. The molecule has 1 aromatic rings. The minimum atomic E-state index is 0.250. The molecule has 0 heterocycles. The van der Waals surface area contributed by atoms with Gasteiger partial charge in [0, 0.05) is 3.57 Å². The van der Waals surface area contributed by atoms with E-state index in [1.807, 2.05) is 12.1 Å². The first-order valence-electron chi connectivity index (χ1n) is 3.25. The highest BCUT2D eigenvalue weighted by molar-refractivity contribution is 14.1. The lowest BCUT2D eigenvalue weighted by Gasteiger charge is -2.03. The topological polar surface area (TPSA) is 9.23 Å². The summed E-state index contributed by atoms with van der Waals surface area (Å²) in [6.07, 6.45) is 5.04. The molecule has 0 unspecified atom stereocenters. The summed E-state index contributed by atoms with van der Waals surface area (Å²) >= 11 is 8.05. The lowest BCUT2D eigenvalue weighted by Crippen LogP contribution is -1.93. The fraction of sp³-hybridized carbons (Fsp3) is 0.111. The SMILES string of the molecule is C#CCOc1ccc(I)cc1Cl.